The number of aliphatic hydroxyl groups excluding tert-OH is 2. The number of hydrazone groups is 1. The lowest BCUT2D eigenvalue weighted by atomic mass is 9.78. The minimum absolute atomic E-state index is 0.0818. The van der Waals surface area contributed by atoms with Gasteiger partial charge in [-0.2, -0.15) is 5.10 Å². The summed E-state index contributed by atoms with van der Waals surface area (Å²) in [5.74, 6) is -3.09. The average Bonchev–Trinajstić information content (AvgIpc) is 3.48. The predicted molar refractivity (Wildman–Crippen MR) is 165 cm³/mol. The number of carbonyl (C=O) groups excluding carboxylic acids is 1. The maximum absolute atomic E-state index is 13.7. The molecule has 0 saturated carbocycles. The van der Waals surface area contributed by atoms with Gasteiger partial charge >= 0.3 is 0 Å². The van der Waals surface area contributed by atoms with Gasteiger partial charge in [-0.25, -0.2) is 5.43 Å². The number of likely N-dealkylation sites (N-methyl/N-ethyl adjacent to an activating group) is 1. The molecule has 45 heavy (non-hydrogen) atoms. The third-order valence-corrected chi connectivity index (χ3v) is 9.14. The van der Waals surface area contributed by atoms with Crippen LogP contribution in [0, 0.1) is 10.4 Å². The molecule has 2 aromatic rings. The van der Waals surface area contributed by atoms with Gasteiger partial charge in [-0.3, -0.25) is 28.8 Å². The Kier molecular flexibility index (Phi) is 6.78. The number of methoxy groups -OCH3 is 1. The molecule has 0 bridgehead atoms. The number of halogens is 1. The Hall–Kier alpha value is -5.15. The number of hydrogen-bond acceptors (Lipinski definition) is 12. The van der Waals surface area contributed by atoms with Crippen LogP contribution in [-0.2, 0) is 16.6 Å². The minimum atomic E-state index is -2.03. The Balaban J connectivity index is 1.62. The van der Waals surface area contributed by atoms with Crippen LogP contribution >= 0.6 is 15.9 Å². The van der Waals surface area contributed by atoms with Crippen LogP contribution in [0.2, 0.25) is 0 Å². The van der Waals surface area contributed by atoms with E-state index in [4.69, 9.17) is 4.74 Å². The van der Waals surface area contributed by atoms with Crippen molar-refractivity contribution in [2.75, 3.05) is 27.7 Å². The van der Waals surface area contributed by atoms with Gasteiger partial charge in [0.15, 0.2) is 11.2 Å². The van der Waals surface area contributed by atoms with Crippen LogP contribution in [0.15, 0.2) is 45.7 Å². The van der Waals surface area contributed by atoms with Crippen LogP contribution in [-0.4, -0.2) is 65.1 Å². The van der Waals surface area contributed by atoms with Crippen molar-refractivity contribution in [3.63, 3.8) is 0 Å². The largest absolute Gasteiger partial charge is 0.510 e. The van der Waals surface area contributed by atoms with E-state index < -0.39 is 82.5 Å². The van der Waals surface area contributed by atoms with Crippen LogP contribution in [0.25, 0.3) is 22.3 Å². The predicted octanol–water partition coefficient (Wildman–Crippen LogP) is -1.71. The van der Waals surface area contributed by atoms with Gasteiger partial charge in [0.1, 0.15) is 22.7 Å². The molecule has 0 radical (unpaired) electrons. The highest BCUT2D eigenvalue weighted by molar-refractivity contribution is 9.10. The van der Waals surface area contributed by atoms with Gasteiger partial charge in [0.05, 0.1) is 51.8 Å². The van der Waals surface area contributed by atoms with Crippen molar-refractivity contribution in [2.24, 2.45) is 5.10 Å². The fourth-order valence-electron chi connectivity index (χ4n) is 6.38. The van der Waals surface area contributed by atoms with Gasteiger partial charge in [0.2, 0.25) is 16.3 Å². The van der Waals surface area contributed by atoms with E-state index in [1.54, 1.807) is 19.0 Å². The van der Waals surface area contributed by atoms with Gasteiger partial charge in [-0.05, 0) is 54.5 Å². The van der Waals surface area contributed by atoms with Crippen molar-refractivity contribution in [2.45, 2.75) is 18.3 Å². The third kappa shape index (κ3) is 4.00. The zero-order valence-corrected chi connectivity index (χ0v) is 25.4. The number of benzene rings is 1. The van der Waals surface area contributed by atoms with E-state index in [-0.39, 0.29) is 41.4 Å². The number of nitrogens with zero attached hydrogens (tertiary/aromatic N) is 2. The third-order valence-electron chi connectivity index (χ3n) is 8.23. The van der Waals surface area contributed by atoms with E-state index in [1.165, 1.54) is 12.3 Å². The lowest BCUT2D eigenvalue weighted by Crippen LogP contribution is -2.51. The minimum Gasteiger partial charge on any atom is -0.510 e. The second-order valence-corrected chi connectivity index (χ2v) is 11.8. The SMILES string of the molecule is COc1cc(=O)c2c(=O)c3c(c(=O)c=2c1=O)=C(O)[C@]1(CCc2c1c(O)c1c(=O)[nH]c(/C=N/NC(=O)CN(C)C)cc1c2Br)C=3O. The van der Waals surface area contributed by atoms with Crippen molar-refractivity contribution < 1.29 is 24.9 Å². The van der Waals surface area contributed by atoms with Crippen LogP contribution in [0.4, 0.5) is 0 Å². The fraction of sp³-hybridized carbons (Fsp3) is 0.233. The van der Waals surface area contributed by atoms with E-state index in [2.05, 4.69) is 31.4 Å². The lowest BCUT2D eigenvalue weighted by Gasteiger charge is -2.27. The Bertz CT molecular complexity index is 2530. The molecule has 1 atom stereocenters. The Morgan fingerprint density at radius 1 is 1.04 bits per heavy atom. The summed E-state index contributed by atoms with van der Waals surface area (Å²) in [6.07, 6.45) is 1.15. The van der Waals surface area contributed by atoms with E-state index in [9.17, 15) is 44.1 Å². The number of aromatic nitrogens is 1. The molecule has 0 unspecified atom stereocenters. The zero-order valence-electron chi connectivity index (χ0n) is 23.8. The average molecular weight is 679 g/mol. The Morgan fingerprint density at radius 2 is 1.69 bits per heavy atom. The first-order valence-corrected chi connectivity index (χ1v) is 14.2. The first kappa shape index (κ1) is 29.9. The molecule has 1 aromatic carbocycles. The van der Waals surface area contributed by atoms with Gasteiger partial charge in [-0.1, -0.05) is 0 Å². The summed E-state index contributed by atoms with van der Waals surface area (Å²) in [5, 5.41) is 35.7. The van der Waals surface area contributed by atoms with Crippen LogP contribution in [0.3, 0.4) is 0 Å². The number of hydrogen-bond donors (Lipinski definition) is 5. The van der Waals surface area contributed by atoms with Crippen molar-refractivity contribution in [3.05, 3.63) is 106 Å². The molecule has 0 aliphatic heterocycles. The molecule has 1 spiro atoms. The number of ether oxygens (including phenoxy) is 1. The molecule has 6 rings (SSSR count). The van der Waals surface area contributed by atoms with Crippen LogP contribution in [0.5, 0.6) is 11.5 Å². The van der Waals surface area contributed by atoms with Crippen molar-refractivity contribution in [1.82, 2.24) is 15.3 Å². The van der Waals surface area contributed by atoms with E-state index in [0.717, 1.165) is 13.2 Å². The molecule has 14 nitrogen and oxygen atoms in total. The number of amides is 1. The number of rotatable bonds is 5. The number of carbonyl (C=O) groups is 1. The summed E-state index contributed by atoms with van der Waals surface area (Å²) in [6, 6.07) is 2.26. The molecule has 0 saturated heterocycles. The highest BCUT2D eigenvalue weighted by Gasteiger charge is 2.53. The number of H-pyrrole nitrogens is 1. The Morgan fingerprint density at radius 3 is 2.31 bits per heavy atom. The standard InChI is InChI=1S/C30H23BrN4O10/c1-35(2)9-15(37)34-32-8-10-6-12-16(29(44)33-10)26(41)21-11(22(12)31)4-5-30(21)27(42)19-20(28(30)43)25(40)18-17(24(19)39)13(36)7-14(45-3)23(18)38/h6-8,41-43H,4-5,9H2,1-3H3,(H,33,44)(H,34,37)/b32-8+/t30-/m0/s1. The number of pyridine rings is 1. The number of nitrogens with one attached hydrogen (secondary N) is 2. The summed E-state index contributed by atoms with van der Waals surface area (Å²) < 4.78 is 5.21. The molecule has 4 aliphatic rings. The number of aromatic amines is 1. The first-order valence-electron chi connectivity index (χ1n) is 13.4. The summed E-state index contributed by atoms with van der Waals surface area (Å²) in [4.78, 5) is 82.4. The molecule has 15 heteroatoms. The number of phenolic OH excluding ortho intramolecular Hbond substituents is 1. The fourth-order valence-corrected chi connectivity index (χ4v) is 7.09. The normalized spacial score (nSPS) is 17.3. The van der Waals surface area contributed by atoms with Crippen molar-refractivity contribution >= 4 is 50.3 Å². The highest BCUT2D eigenvalue weighted by atomic mass is 79.9. The van der Waals surface area contributed by atoms with E-state index >= 15 is 0 Å². The molecule has 1 heterocycles. The van der Waals surface area contributed by atoms with Crippen molar-refractivity contribution in [1.29, 1.82) is 0 Å². The van der Waals surface area contributed by atoms with E-state index in [1.807, 2.05) is 0 Å². The summed E-state index contributed by atoms with van der Waals surface area (Å²) in [7, 11) is 4.52. The van der Waals surface area contributed by atoms with Crippen molar-refractivity contribution in [3.8, 4) is 11.5 Å². The van der Waals surface area contributed by atoms with Crippen LogP contribution < -0.4 is 47.9 Å². The Labute approximate surface area is 258 Å². The summed E-state index contributed by atoms with van der Waals surface area (Å²) in [6.45, 7) is 0.0818. The van der Waals surface area contributed by atoms with Gasteiger partial charge in [-0.15, -0.1) is 0 Å². The second-order valence-electron chi connectivity index (χ2n) is 11.1. The number of fused-ring (bicyclic) bond motifs is 4. The quantitative estimate of drug-likeness (QED) is 0.118. The lowest BCUT2D eigenvalue weighted by molar-refractivity contribution is -0.121. The summed E-state index contributed by atoms with van der Waals surface area (Å²) >= 11 is 3.47. The zero-order chi connectivity index (χ0) is 32.7. The molecule has 1 aromatic heterocycles. The molecular weight excluding hydrogens is 656 g/mol. The number of phenols is 1. The molecule has 4 aliphatic carbocycles. The smallest absolute Gasteiger partial charge is 0.260 e. The second kappa shape index (κ2) is 10.2. The molecule has 1 amide bonds. The van der Waals surface area contributed by atoms with E-state index in [0.29, 0.717) is 10.0 Å². The monoisotopic (exact) mass is 678 g/mol. The highest BCUT2D eigenvalue weighted by Crippen LogP contribution is 2.56. The van der Waals surface area contributed by atoms with Crippen LogP contribution in [0.1, 0.15) is 23.2 Å². The van der Waals surface area contributed by atoms with Gasteiger partial charge in [0, 0.05) is 21.5 Å². The molecule has 230 valence electrons. The molecule has 5 N–H and O–H groups in total. The van der Waals surface area contributed by atoms with Gasteiger partial charge in [0.25, 0.3) is 11.5 Å². The first-order chi connectivity index (χ1) is 21.3. The summed E-state index contributed by atoms with van der Waals surface area (Å²) in [5.41, 5.74) is -4.39. The molecular formula is C30H23BrN4O10. The molecule has 0 fully saturated rings. The topological polar surface area (TPSA) is 216 Å². The maximum atomic E-state index is 13.7. The maximum Gasteiger partial charge on any atom is 0.260 e. The number of aliphatic hydroxyl groups is 2. The number of aromatic hydroxyl groups is 1. The van der Waals surface area contributed by atoms with Gasteiger partial charge < -0.3 is 29.9 Å².